The lowest BCUT2D eigenvalue weighted by atomic mass is 10.1. The largest absolute Gasteiger partial charge is 0.378 e. The number of carbonyl (C=O) groups is 1. The van der Waals surface area contributed by atoms with Crippen molar-refractivity contribution in [2.75, 3.05) is 46.2 Å². The summed E-state index contributed by atoms with van der Waals surface area (Å²) in [5, 5.41) is 3.32. The number of Topliss-reactive ketones (excluding diaryl/α,β-unsaturated/α-hetero) is 1. The highest BCUT2D eigenvalue weighted by Crippen LogP contribution is 1.94. The summed E-state index contributed by atoms with van der Waals surface area (Å²) >= 11 is 4.19. The van der Waals surface area contributed by atoms with E-state index < -0.39 is 0 Å². The van der Waals surface area contributed by atoms with E-state index in [0.29, 0.717) is 33.0 Å². The fraction of sp³-hybridized carbons (Fsp3) is 0.923. The van der Waals surface area contributed by atoms with Crippen LogP contribution in [-0.4, -0.2) is 57.3 Å². The third-order valence-corrected chi connectivity index (χ3v) is 2.50. The number of carbonyl (C=O) groups excluding carboxylic acids is 1. The molecular formula is C13H27NO4S. The standard InChI is InChI=1S/C13H27NO4S/c1-11(2)13(15)10-18-9-8-17-7-6-16-5-4-14-12(3)19/h11-12,14,19H,4-10H2,1-3H3. The summed E-state index contributed by atoms with van der Waals surface area (Å²) in [7, 11) is 0. The van der Waals surface area contributed by atoms with Gasteiger partial charge in [-0.3, -0.25) is 4.79 Å². The van der Waals surface area contributed by atoms with Gasteiger partial charge in [-0.1, -0.05) is 13.8 Å². The summed E-state index contributed by atoms with van der Waals surface area (Å²) in [5.74, 6) is 0.150. The molecule has 0 saturated heterocycles. The minimum Gasteiger partial charge on any atom is -0.378 e. The molecule has 0 saturated carbocycles. The number of thiol groups is 1. The summed E-state index contributed by atoms with van der Waals surface area (Å²) in [5.41, 5.74) is 0. The van der Waals surface area contributed by atoms with E-state index in [0.717, 1.165) is 6.54 Å². The zero-order chi connectivity index (χ0) is 14.5. The first kappa shape index (κ1) is 18.9. The minimum absolute atomic E-state index is 0.0305. The normalized spacial score (nSPS) is 12.9. The van der Waals surface area contributed by atoms with Crippen molar-refractivity contribution >= 4 is 18.4 Å². The van der Waals surface area contributed by atoms with Crippen molar-refractivity contribution in [1.29, 1.82) is 0 Å². The first-order valence-corrected chi connectivity index (χ1v) is 7.23. The maximum atomic E-state index is 11.2. The highest BCUT2D eigenvalue weighted by atomic mass is 32.1. The molecule has 0 radical (unpaired) electrons. The van der Waals surface area contributed by atoms with Gasteiger partial charge in [-0.25, -0.2) is 0 Å². The first-order chi connectivity index (χ1) is 9.04. The van der Waals surface area contributed by atoms with Gasteiger partial charge >= 0.3 is 0 Å². The maximum Gasteiger partial charge on any atom is 0.160 e. The van der Waals surface area contributed by atoms with Crippen LogP contribution in [0.3, 0.4) is 0 Å². The summed E-state index contributed by atoms with van der Waals surface area (Å²) in [6, 6.07) is 0. The van der Waals surface area contributed by atoms with E-state index in [9.17, 15) is 4.79 Å². The van der Waals surface area contributed by atoms with Crippen LogP contribution in [0.5, 0.6) is 0 Å². The van der Waals surface area contributed by atoms with Crippen LogP contribution in [0.15, 0.2) is 0 Å². The molecule has 0 aliphatic heterocycles. The van der Waals surface area contributed by atoms with E-state index in [1.165, 1.54) is 0 Å². The van der Waals surface area contributed by atoms with Crippen LogP contribution in [0.2, 0.25) is 0 Å². The summed E-state index contributed by atoms with van der Waals surface area (Å²) in [6.45, 7) is 9.33. The Labute approximate surface area is 121 Å². The molecule has 1 unspecified atom stereocenters. The second-order valence-electron chi connectivity index (χ2n) is 4.53. The molecule has 5 nitrogen and oxygen atoms in total. The number of nitrogens with one attached hydrogen (secondary N) is 1. The van der Waals surface area contributed by atoms with E-state index >= 15 is 0 Å². The molecule has 0 heterocycles. The molecule has 1 N–H and O–H groups in total. The Morgan fingerprint density at radius 3 is 2.05 bits per heavy atom. The molecule has 19 heavy (non-hydrogen) atoms. The molecule has 0 spiro atoms. The van der Waals surface area contributed by atoms with Crippen molar-refractivity contribution in [3.05, 3.63) is 0 Å². The Bertz CT molecular complexity index is 225. The lowest BCUT2D eigenvalue weighted by Crippen LogP contribution is -2.25. The quantitative estimate of drug-likeness (QED) is 0.303. The summed E-state index contributed by atoms with van der Waals surface area (Å²) < 4.78 is 15.8. The van der Waals surface area contributed by atoms with Crippen LogP contribution in [0, 0.1) is 5.92 Å². The van der Waals surface area contributed by atoms with E-state index in [1.54, 1.807) is 0 Å². The average molecular weight is 293 g/mol. The van der Waals surface area contributed by atoms with Crippen molar-refractivity contribution in [1.82, 2.24) is 5.32 Å². The molecule has 0 aromatic rings. The Hall–Kier alpha value is -0.140. The third kappa shape index (κ3) is 14.1. The SMILES string of the molecule is CC(S)NCCOCCOCCOCC(=O)C(C)C. The lowest BCUT2D eigenvalue weighted by Gasteiger charge is -2.09. The fourth-order valence-electron chi connectivity index (χ4n) is 1.12. The minimum atomic E-state index is 0.0305. The van der Waals surface area contributed by atoms with Gasteiger partial charge in [-0.05, 0) is 6.92 Å². The molecule has 0 aliphatic rings. The highest BCUT2D eigenvalue weighted by Gasteiger charge is 2.06. The number of rotatable bonds is 13. The molecule has 0 aliphatic carbocycles. The van der Waals surface area contributed by atoms with Crippen molar-refractivity contribution in [3.63, 3.8) is 0 Å². The zero-order valence-corrected chi connectivity index (χ0v) is 13.1. The Morgan fingerprint density at radius 1 is 1.00 bits per heavy atom. The Kier molecular flexibility index (Phi) is 12.8. The molecule has 0 aromatic carbocycles. The predicted molar refractivity (Wildman–Crippen MR) is 78.8 cm³/mol. The van der Waals surface area contributed by atoms with Gasteiger partial charge in [0.15, 0.2) is 5.78 Å². The Morgan fingerprint density at radius 2 is 1.53 bits per heavy atom. The highest BCUT2D eigenvalue weighted by molar-refractivity contribution is 7.80. The van der Waals surface area contributed by atoms with Gasteiger partial charge in [-0.15, -0.1) is 0 Å². The second-order valence-corrected chi connectivity index (χ2v) is 5.30. The third-order valence-electron chi connectivity index (χ3n) is 2.32. The molecule has 1 atom stereocenters. The Balaban J connectivity index is 3.09. The first-order valence-electron chi connectivity index (χ1n) is 6.71. The summed E-state index contributed by atoms with van der Waals surface area (Å²) in [6.07, 6.45) is 0. The lowest BCUT2D eigenvalue weighted by molar-refractivity contribution is -0.127. The van der Waals surface area contributed by atoms with Gasteiger partial charge in [0.05, 0.1) is 33.0 Å². The molecule has 0 amide bonds. The van der Waals surface area contributed by atoms with Crippen LogP contribution in [-0.2, 0) is 19.0 Å². The fourth-order valence-corrected chi connectivity index (χ4v) is 1.25. The predicted octanol–water partition coefficient (Wildman–Crippen LogP) is 1.13. The monoisotopic (exact) mass is 293 g/mol. The molecule has 0 fully saturated rings. The maximum absolute atomic E-state index is 11.2. The molecule has 0 bridgehead atoms. The second kappa shape index (κ2) is 12.9. The van der Waals surface area contributed by atoms with Gasteiger partial charge in [-0.2, -0.15) is 12.6 Å². The van der Waals surface area contributed by atoms with Crippen LogP contribution >= 0.6 is 12.6 Å². The van der Waals surface area contributed by atoms with Gasteiger partial charge in [0.2, 0.25) is 0 Å². The van der Waals surface area contributed by atoms with Gasteiger partial charge < -0.3 is 19.5 Å². The molecule has 0 aromatic heterocycles. The smallest absolute Gasteiger partial charge is 0.160 e. The molecule has 0 rings (SSSR count). The number of ketones is 1. The van der Waals surface area contributed by atoms with Crippen molar-refractivity contribution < 1.29 is 19.0 Å². The van der Waals surface area contributed by atoms with Gasteiger partial charge in [0, 0.05) is 17.8 Å². The van der Waals surface area contributed by atoms with Gasteiger partial charge in [0.25, 0.3) is 0 Å². The van der Waals surface area contributed by atoms with E-state index in [-0.39, 0.29) is 23.7 Å². The van der Waals surface area contributed by atoms with Crippen molar-refractivity contribution in [2.45, 2.75) is 26.1 Å². The number of hydrogen-bond acceptors (Lipinski definition) is 6. The molecule has 114 valence electrons. The van der Waals surface area contributed by atoms with E-state index in [4.69, 9.17) is 14.2 Å². The van der Waals surface area contributed by atoms with Gasteiger partial charge in [0.1, 0.15) is 6.61 Å². The van der Waals surface area contributed by atoms with E-state index in [2.05, 4.69) is 17.9 Å². The van der Waals surface area contributed by atoms with Crippen LogP contribution in [0.25, 0.3) is 0 Å². The number of ether oxygens (including phenoxy) is 3. The van der Waals surface area contributed by atoms with E-state index in [1.807, 2.05) is 20.8 Å². The van der Waals surface area contributed by atoms with Crippen molar-refractivity contribution in [3.8, 4) is 0 Å². The van der Waals surface area contributed by atoms with Crippen LogP contribution in [0.4, 0.5) is 0 Å². The number of hydrogen-bond donors (Lipinski definition) is 2. The van der Waals surface area contributed by atoms with Crippen LogP contribution in [0.1, 0.15) is 20.8 Å². The average Bonchev–Trinajstić information content (AvgIpc) is 2.35. The zero-order valence-electron chi connectivity index (χ0n) is 12.2. The van der Waals surface area contributed by atoms with Crippen molar-refractivity contribution in [2.24, 2.45) is 5.92 Å². The molecule has 6 heteroatoms. The topological polar surface area (TPSA) is 56.8 Å². The van der Waals surface area contributed by atoms with Crippen LogP contribution < -0.4 is 5.32 Å². The molecular weight excluding hydrogens is 266 g/mol. The summed E-state index contributed by atoms with van der Waals surface area (Å²) in [4.78, 5) is 11.2.